The molecule has 0 aliphatic heterocycles. The molecular formula is C30H14F6N4O4S2. The van der Waals surface area contributed by atoms with Gasteiger partial charge in [-0.25, -0.2) is 37.0 Å². The average Bonchev–Trinajstić information content (AvgIpc) is 3.54. The largest absolute Gasteiger partial charge is 0.501 e. The number of alkyl halides is 6. The summed E-state index contributed by atoms with van der Waals surface area (Å²) in [7, 11) is -13.5. The van der Waals surface area contributed by atoms with E-state index in [0.717, 1.165) is 11.1 Å². The van der Waals surface area contributed by atoms with Crippen molar-refractivity contribution < 1.29 is 43.2 Å². The highest BCUT2D eigenvalue weighted by molar-refractivity contribution is 7.95. The standard InChI is InChI=1S/C30H14F6N4O4S2/c1-13-5-6-15-17(14(13)2)9-19-24(21(11-37)39-3)20-10-18-16(26(20)27(25(15)19)22(12-38)40-4)7-8-23(45(41,42)29(31,32)33)28(18)46(43,44)30(34,35)36/h5-8H,9-10H2,1-2H3/b24-21+,27-22+. The highest BCUT2D eigenvalue weighted by Crippen LogP contribution is 2.48. The van der Waals surface area contributed by atoms with Gasteiger partial charge in [-0.2, -0.15) is 26.3 Å². The Kier molecular flexibility index (Phi) is 7.13. The number of hydrogen-bond donors (Lipinski definition) is 0. The summed E-state index contributed by atoms with van der Waals surface area (Å²) >= 11 is 0. The fourth-order valence-corrected chi connectivity index (χ4v) is 8.65. The molecule has 3 aromatic carbocycles. The van der Waals surface area contributed by atoms with Gasteiger partial charge in [0.15, 0.2) is 0 Å². The number of aryl methyl sites for hydroxylation is 1. The molecule has 0 heterocycles. The van der Waals surface area contributed by atoms with Crippen molar-refractivity contribution in [3.8, 4) is 34.4 Å². The van der Waals surface area contributed by atoms with Gasteiger partial charge in [0.2, 0.25) is 0 Å². The summed E-state index contributed by atoms with van der Waals surface area (Å²) < 4.78 is 134. The predicted molar refractivity (Wildman–Crippen MR) is 149 cm³/mol. The van der Waals surface area contributed by atoms with Crippen LogP contribution < -0.4 is 10.4 Å². The maximum absolute atomic E-state index is 14.0. The van der Waals surface area contributed by atoms with Crippen molar-refractivity contribution >= 4 is 31.1 Å². The topological polar surface area (TPSA) is 125 Å². The second-order valence-corrected chi connectivity index (χ2v) is 14.1. The fraction of sp³-hybridized carbons (Fsp3) is 0.200. The molecule has 0 unspecified atom stereocenters. The van der Waals surface area contributed by atoms with Crippen LogP contribution in [0.1, 0.15) is 33.4 Å². The van der Waals surface area contributed by atoms with Crippen molar-refractivity contribution in [2.24, 2.45) is 0 Å². The first-order valence-electron chi connectivity index (χ1n) is 12.7. The van der Waals surface area contributed by atoms with E-state index in [1.54, 1.807) is 31.2 Å². The van der Waals surface area contributed by atoms with E-state index < -0.39 is 69.4 Å². The van der Waals surface area contributed by atoms with Crippen LogP contribution in [0.3, 0.4) is 0 Å². The fourth-order valence-electron chi connectivity index (χ4n) is 6.06. The van der Waals surface area contributed by atoms with Crippen LogP contribution >= 0.6 is 0 Å². The molecule has 0 fully saturated rings. The maximum Gasteiger partial charge on any atom is 0.501 e. The summed E-state index contributed by atoms with van der Waals surface area (Å²) in [6.07, 6.45) is -0.957. The molecule has 2 aliphatic carbocycles. The third-order valence-electron chi connectivity index (χ3n) is 8.12. The molecule has 0 saturated carbocycles. The lowest BCUT2D eigenvalue weighted by molar-refractivity contribution is -0.0456. The first-order valence-corrected chi connectivity index (χ1v) is 15.7. The Morgan fingerprint density at radius 3 is 1.65 bits per heavy atom. The number of nitrogens with zero attached hydrogens (tertiary/aromatic N) is 4. The van der Waals surface area contributed by atoms with Gasteiger partial charge in [-0.1, -0.05) is 18.2 Å². The minimum Gasteiger partial charge on any atom is -0.226 e. The van der Waals surface area contributed by atoms with Crippen LogP contribution in [0.4, 0.5) is 26.3 Å². The quantitative estimate of drug-likeness (QED) is 0.189. The van der Waals surface area contributed by atoms with E-state index in [9.17, 15) is 53.7 Å². The second-order valence-electron chi connectivity index (χ2n) is 10.3. The number of hydrogen-bond acceptors (Lipinski definition) is 6. The molecule has 0 radical (unpaired) electrons. The zero-order valence-electron chi connectivity index (χ0n) is 23.2. The minimum atomic E-state index is -6.80. The van der Waals surface area contributed by atoms with Crippen LogP contribution in [-0.4, -0.2) is 27.9 Å². The van der Waals surface area contributed by atoms with Gasteiger partial charge in [-0.3, -0.25) is 0 Å². The van der Waals surface area contributed by atoms with Crippen LogP contribution in [0, 0.1) is 49.7 Å². The number of halogens is 6. The Bertz CT molecular complexity index is 2460. The van der Waals surface area contributed by atoms with Gasteiger partial charge in [0.05, 0.1) is 35.1 Å². The van der Waals surface area contributed by atoms with Crippen molar-refractivity contribution in [1.82, 2.24) is 0 Å². The first-order chi connectivity index (χ1) is 21.3. The summed E-state index contributed by atoms with van der Waals surface area (Å²) in [5.41, 5.74) is -12.5. The highest BCUT2D eigenvalue weighted by Gasteiger charge is 2.55. The molecule has 0 aromatic heterocycles. The molecule has 0 saturated heterocycles. The van der Waals surface area contributed by atoms with Crippen LogP contribution in [0.5, 0.6) is 0 Å². The van der Waals surface area contributed by atoms with Crippen molar-refractivity contribution in [2.75, 3.05) is 0 Å². The molecule has 5 rings (SSSR count). The Balaban J connectivity index is 2.14. The molecular weight excluding hydrogens is 658 g/mol. The smallest absolute Gasteiger partial charge is 0.226 e. The van der Waals surface area contributed by atoms with Crippen LogP contribution in [0.2, 0.25) is 0 Å². The Labute approximate surface area is 257 Å². The Morgan fingerprint density at radius 2 is 1.17 bits per heavy atom. The van der Waals surface area contributed by atoms with Crippen LogP contribution in [0.15, 0.2) is 34.1 Å². The molecule has 0 bridgehead atoms. The first kappa shape index (κ1) is 32.2. The molecule has 0 N–H and O–H groups in total. The van der Waals surface area contributed by atoms with Crippen molar-refractivity contribution in [3.05, 3.63) is 90.9 Å². The second kappa shape index (κ2) is 10.2. The van der Waals surface area contributed by atoms with E-state index in [4.69, 9.17) is 13.1 Å². The van der Waals surface area contributed by atoms with E-state index >= 15 is 0 Å². The number of sulfone groups is 2. The molecule has 0 spiro atoms. The zero-order chi connectivity index (χ0) is 34.3. The number of nitriles is 2. The molecule has 0 atom stereocenters. The van der Waals surface area contributed by atoms with E-state index in [1.807, 2.05) is 6.92 Å². The SMILES string of the molecule is [C-]#[N+]/C(C#N)=c1\c2c(/c(=C(/C#N)[N+]#[C-])c3c1Cc1c-3ccc(S(=O)(=O)C(F)(F)F)c1S(=O)(=O)C(F)(F)F)-c1ccc(C)c(C)c1C2. The Morgan fingerprint density at radius 1 is 0.717 bits per heavy atom. The normalized spacial score (nSPS) is 14.9. The minimum absolute atomic E-state index is 0.0168. The van der Waals surface area contributed by atoms with Crippen molar-refractivity contribution in [1.29, 1.82) is 10.5 Å². The zero-order valence-corrected chi connectivity index (χ0v) is 24.9. The maximum atomic E-state index is 14.0. The summed E-state index contributed by atoms with van der Waals surface area (Å²) in [4.78, 5) is 2.17. The summed E-state index contributed by atoms with van der Waals surface area (Å²) in [5, 5.41) is 19.5. The molecule has 3 aromatic rings. The monoisotopic (exact) mass is 672 g/mol. The summed E-state index contributed by atoms with van der Waals surface area (Å²) in [6.45, 7) is 18.9. The van der Waals surface area contributed by atoms with Gasteiger partial charge < -0.3 is 0 Å². The van der Waals surface area contributed by atoms with Gasteiger partial charge in [-0.15, -0.1) is 0 Å². The number of benzene rings is 3. The van der Waals surface area contributed by atoms with Gasteiger partial charge in [0, 0.05) is 5.22 Å². The molecule has 46 heavy (non-hydrogen) atoms. The van der Waals surface area contributed by atoms with Gasteiger partial charge >= 0.3 is 11.0 Å². The Hall–Kier alpha value is -5.16. The average molecular weight is 673 g/mol. The highest BCUT2D eigenvalue weighted by atomic mass is 32.2. The van der Waals surface area contributed by atoms with Gasteiger partial charge in [0.25, 0.3) is 31.1 Å². The van der Waals surface area contributed by atoms with E-state index in [-0.39, 0.29) is 45.2 Å². The lowest BCUT2D eigenvalue weighted by Gasteiger charge is -2.18. The number of fused-ring (bicyclic) bond motifs is 6. The van der Waals surface area contributed by atoms with Gasteiger partial charge in [-0.05, 0) is 93.6 Å². The molecule has 16 heteroatoms. The van der Waals surface area contributed by atoms with Crippen molar-refractivity contribution in [3.63, 3.8) is 0 Å². The summed E-state index contributed by atoms with van der Waals surface area (Å²) in [6, 6.07) is 7.51. The molecule has 232 valence electrons. The van der Waals surface area contributed by atoms with Crippen LogP contribution in [-0.2, 0) is 32.5 Å². The van der Waals surface area contributed by atoms with E-state index in [2.05, 4.69) is 9.69 Å². The number of rotatable bonds is 2. The lowest BCUT2D eigenvalue weighted by atomic mass is 9.90. The van der Waals surface area contributed by atoms with Crippen molar-refractivity contribution in [2.45, 2.75) is 47.5 Å². The molecule has 2 aliphatic rings. The predicted octanol–water partition coefficient (Wildman–Crippen LogP) is 5.13. The van der Waals surface area contributed by atoms with E-state index in [0.29, 0.717) is 17.2 Å². The summed E-state index contributed by atoms with van der Waals surface area (Å²) in [5.74, 6) is 0. The molecule has 0 amide bonds. The third kappa shape index (κ3) is 4.22. The van der Waals surface area contributed by atoms with Gasteiger partial charge in [0.1, 0.15) is 0 Å². The third-order valence-corrected chi connectivity index (χ3v) is 11.4. The van der Waals surface area contributed by atoms with E-state index in [1.165, 1.54) is 0 Å². The lowest BCUT2D eigenvalue weighted by Crippen LogP contribution is -2.30. The molecule has 8 nitrogen and oxygen atoms in total. The van der Waals surface area contributed by atoms with Crippen LogP contribution in [0.25, 0.3) is 43.3 Å².